The number of thioether (sulfide) groups is 1. The second-order valence-electron chi connectivity index (χ2n) is 4.92. The van der Waals surface area contributed by atoms with Crippen molar-refractivity contribution in [2.75, 3.05) is 5.32 Å². The molecule has 1 unspecified atom stereocenters. The van der Waals surface area contributed by atoms with Crippen molar-refractivity contribution in [2.45, 2.75) is 23.5 Å². The van der Waals surface area contributed by atoms with Crippen molar-refractivity contribution in [3.8, 4) is 0 Å². The van der Waals surface area contributed by atoms with E-state index >= 15 is 0 Å². The molecule has 1 amide bonds. The number of carbonyl (C=O) groups is 1. The van der Waals surface area contributed by atoms with Gasteiger partial charge in [-0.3, -0.25) is 4.79 Å². The molecule has 2 aromatic rings. The number of carbonyl (C=O) groups excluding carboxylic acids is 1. The lowest BCUT2D eigenvalue weighted by Gasteiger charge is -2.09. The largest absolute Gasteiger partial charge is 0.325 e. The number of amides is 1. The lowest BCUT2D eigenvalue weighted by Crippen LogP contribution is -2.24. The maximum atomic E-state index is 13.1. The molecule has 1 heterocycles. The SMILES string of the molecule is Cc1ccc2c(c1)SC(C(=O)Nc1cccc(F)c1)C2. The van der Waals surface area contributed by atoms with Gasteiger partial charge in [-0.25, -0.2) is 4.39 Å². The van der Waals surface area contributed by atoms with E-state index in [1.807, 2.05) is 6.92 Å². The summed E-state index contributed by atoms with van der Waals surface area (Å²) in [5.41, 5.74) is 2.91. The third kappa shape index (κ3) is 2.70. The van der Waals surface area contributed by atoms with Crippen molar-refractivity contribution in [1.82, 2.24) is 0 Å². The summed E-state index contributed by atoms with van der Waals surface area (Å²) in [6.45, 7) is 2.04. The van der Waals surface area contributed by atoms with E-state index in [2.05, 4.69) is 23.5 Å². The Balaban J connectivity index is 1.71. The van der Waals surface area contributed by atoms with Crippen LogP contribution in [0.2, 0.25) is 0 Å². The zero-order chi connectivity index (χ0) is 14.1. The van der Waals surface area contributed by atoms with Crippen molar-refractivity contribution in [1.29, 1.82) is 0 Å². The molecule has 1 N–H and O–H groups in total. The molecule has 1 aliphatic heterocycles. The Morgan fingerprint density at radius 3 is 2.95 bits per heavy atom. The molecule has 2 aromatic carbocycles. The summed E-state index contributed by atoms with van der Waals surface area (Å²) < 4.78 is 13.1. The summed E-state index contributed by atoms with van der Waals surface area (Å²) >= 11 is 1.58. The minimum Gasteiger partial charge on any atom is -0.325 e. The van der Waals surface area contributed by atoms with Gasteiger partial charge in [-0.05, 0) is 43.2 Å². The Bertz CT molecular complexity index is 671. The van der Waals surface area contributed by atoms with Gasteiger partial charge in [-0.2, -0.15) is 0 Å². The third-order valence-electron chi connectivity index (χ3n) is 3.28. The number of halogens is 1. The topological polar surface area (TPSA) is 29.1 Å². The first-order valence-corrected chi connectivity index (χ1v) is 7.32. The Kier molecular flexibility index (Phi) is 3.49. The Morgan fingerprint density at radius 1 is 1.30 bits per heavy atom. The van der Waals surface area contributed by atoms with Crippen LogP contribution < -0.4 is 5.32 Å². The maximum absolute atomic E-state index is 13.1. The molecule has 0 aromatic heterocycles. The van der Waals surface area contributed by atoms with Crippen molar-refractivity contribution < 1.29 is 9.18 Å². The zero-order valence-corrected chi connectivity index (χ0v) is 11.8. The molecule has 1 atom stereocenters. The van der Waals surface area contributed by atoms with Crippen LogP contribution in [0.15, 0.2) is 47.4 Å². The Hall–Kier alpha value is -1.81. The first kappa shape index (κ1) is 13.2. The molecule has 20 heavy (non-hydrogen) atoms. The number of nitrogens with one attached hydrogen (secondary N) is 1. The van der Waals surface area contributed by atoms with Crippen molar-refractivity contribution in [3.05, 3.63) is 59.4 Å². The van der Waals surface area contributed by atoms with Crippen LogP contribution in [0, 0.1) is 12.7 Å². The van der Waals surface area contributed by atoms with Gasteiger partial charge in [-0.15, -0.1) is 11.8 Å². The minimum absolute atomic E-state index is 0.0746. The molecule has 0 radical (unpaired) electrons. The molecule has 0 fully saturated rings. The first-order chi connectivity index (χ1) is 9.61. The van der Waals surface area contributed by atoms with Crippen LogP contribution in [-0.2, 0) is 11.2 Å². The molecule has 1 aliphatic rings. The molecule has 0 bridgehead atoms. The smallest absolute Gasteiger partial charge is 0.238 e. The van der Waals surface area contributed by atoms with Gasteiger partial charge < -0.3 is 5.32 Å². The molecular formula is C16H14FNOS. The molecule has 3 rings (SSSR count). The fourth-order valence-electron chi connectivity index (χ4n) is 2.27. The van der Waals surface area contributed by atoms with E-state index in [-0.39, 0.29) is 17.0 Å². The summed E-state index contributed by atoms with van der Waals surface area (Å²) in [6, 6.07) is 12.2. The summed E-state index contributed by atoms with van der Waals surface area (Å²) in [6.07, 6.45) is 0.724. The van der Waals surface area contributed by atoms with Crippen LogP contribution >= 0.6 is 11.8 Å². The van der Waals surface area contributed by atoms with E-state index < -0.39 is 0 Å². The maximum Gasteiger partial charge on any atom is 0.238 e. The second kappa shape index (κ2) is 5.29. The summed E-state index contributed by atoms with van der Waals surface area (Å²) in [4.78, 5) is 13.4. The predicted molar refractivity (Wildman–Crippen MR) is 79.6 cm³/mol. The van der Waals surface area contributed by atoms with Gasteiger partial charge in [0.1, 0.15) is 5.82 Å². The first-order valence-electron chi connectivity index (χ1n) is 6.44. The predicted octanol–water partition coefficient (Wildman–Crippen LogP) is 3.79. The Labute approximate surface area is 121 Å². The standard InChI is InChI=1S/C16H14FNOS/c1-10-5-6-11-8-15(20-14(11)7-10)16(19)18-13-4-2-3-12(17)9-13/h2-7,9,15H,8H2,1H3,(H,18,19). The van der Waals surface area contributed by atoms with Crippen LogP contribution in [0.4, 0.5) is 10.1 Å². The molecule has 0 saturated carbocycles. The van der Waals surface area contributed by atoms with Crippen LogP contribution in [0.25, 0.3) is 0 Å². The van der Waals surface area contributed by atoms with E-state index in [1.165, 1.54) is 28.2 Å². The number of hydrogen-bond acceptors (Lipinski definition) is 2. The highest BCUT2D eigenvalue weighted by molar-refractivity contribution is 8.01. The van der Waals surface area contributed by atoms with Gasteiger partial charge in [0, 0.05) is 10.6 Å². The highest BCUT2D eigenvalue weighted by Crippen LogP contribution is 2.38. The summed E-state index contributed by atoms with van der Waals surface area (Å²) in [5, 5.41) is 2.63. The number of fused-ring (bicyclic) bond motifs is 1. The number of benzene rings is 2. The summed E-state index contributed by atoms with van der Waals surface area (Å²) in [7, 11) is 0. The average molecular weight is 287 g/mol. The molecule has 0 aliphatic carbocycles. The van der Waals surface area contributed by atoms with Crippen LogP contribution in [0.1, 0.15) is 11.1 Å². The van der Waals surface area contributed by atoms with Gasteiger partial charge in [-0.1, -0.05) is 23.8 Å². The van der Waals surface area contributed by atoms with Crippen molar-refractivity contribution in [3.63, 3.8) is 0 Å². The number of anilines is 1. The number of aryl methyl sites for hydroxylation is 1. The lowest BCUT2D eigenvalue weighted by atomic mass is 10.1. The average Bonchev–Trinajstić information content (AvgIpc) is 2.81. The van der Waals surface area contributed by atoms with Gasteiger partial charge in [0.05, 0.1) is 5.25 Å². The van der Waals surface area contributed by atoms with E-state index in [1.54, 1.807) is 23.9 Å². The highest BCUT2D eigenvalue weighted by Gasteiger charge is 2.28. The summed E-state index contributed by atoms with van der Waals surface area (Å²) in [5.74, 6) is -0.421. The fourth-order valence-corrected chi connectivity index (χ4v) is 3.56. The highest BCUT2D eigenvalue weighted by atomic mass is 32.2. The minimum atomic E-state index is -0.346. The molecule has 0 saturated heterocycles. The number of hydrogen-bond donors (Lipinski definition) is 1. The van der Waals surface area contributed by atoms with E-state index in [9.17, 15) is 9.18 Å². The van der Waals surface area contributed by atoms with Crippen LogP contribution in [-0.4, -0.2) is 11.2 Å². The van der Waals surface area contributed by atoms with Gasteiger partial charge >= 0.3 is 0 Å². The Morgan fingerprint density at radius 2 is 2.15 bits per heavy atom. The van der Waals surface area contributed by atoms with Gasteiger partial charge in [0.25, 0.3) is 0 Å². The van der Waals surface area contributed by atoms with Crippen molar-refractivity contribution >= 4 is 23.4 Å². The molecule has 2 nitrogen and oxygen atoms in total. The monoisotopic (exact) mass is 287 g/mol. The van der Waals surface area contributed by atoms with Gasteiger partial charge in [0.15, 0.2) is 0 Å². The fraction of sp³-hybridized carbons (Fsp3) is 0.188. The van der Waals surface area contributed by atoms with E-state index in [0.29, 0.717) is 5.69 Å². The zero-order valence-electron chi connectivity index (χ0n) is 11.0. The third-order valence-corrected chi connectivity index (χ3v) is 4.58. The van der Waals surface area contributed by atoms with Crippen LogP contribution in [0.5, 0.6) is 0 Å². The van der Waals surface area contributed by atoms with Gasteiger partial charge in [0.2, 0.25) is 5.91 Å². The van der Waals surface area contributed by atoms with Crippen LogP contribution in [0.3, 0.4) is 0 Å². The molecular weight excluding hydrogens is 273 g/mol. The second-order valence-corrected chi connectivity index (χ2v) is 6.17. The molecule has 0 spiro atoms. The normalized spacial score (nSPS) is 16.8. The lowest BCUT2D eigenvalue weighted by molar-refractivity contribution is -0.115. The quantitative estimate of drug-likeness (QED) is 0.910. The molecule has 102 valence electrons. The van der Waals surface area contributed by atoms with E-state index in [4.69, 9.17) is 0 Å². The van der Waals surface area contributed by atoms with Crippen molar-refractivity contribution in [2.24, 2.45) is 0 Å². The number of rotatable bonds is 2. The molecule has 4 heteroatoms. The van der Waals surface area contributed by atoms with E-state index in [0.717, 1.165) is 6.42 Å².